The molecule has 1 fully saturated rings. The molecule has 2 aromatic rings. The van der Waals surface area contributed by atoms with Gasteiger partial charge in [0.1, 0.15) is 0 Å². The van der Waals surface area contributed by atoms with E-state index in [0.717, 1.165) is 19.0 Å². The van der Waals surface area contributed by atoms with Crippen LogP contribution in [0, 0.1) is 5.92 Å². The lowest BCUT2D eigenvalue weighted by Gasteiger charge is -2.30. The van der Waals surface area contributed by atoms with E-state index in [1.54, 1.807) is 0 Å². The number of fused-ring (bicyclic) bond motifs is 2. The highest BCUT2D eigenvalue weighted by molar-refractivity contribution is 5.74. The fourth-order valence-corrected chi connectivity index (χ4v) is 3.83. The maximum Gasteiger partial charge on any atom is 0.0779 e. The summed E-state index contributed by atoms with van der Waals surface area (Å²) in [6, 6.07) is 8.62. The van der Waals surface area contributed by atoms with Crippen molar-refractivity contribution in [2.45, 2.75) is 39.3 Å². The number of aromatic nitrogens is 3. The van der Waals surface area contributed by atoms with Crippen molar-refractivity contribution in [3.8, 4) is 0 Å². The minimum atomic E-state index is 0.912. The molecule has 24 heavy (non-hydrogen) atoms. The molecule has 128 valence electrons. The first-order valence-electron chi connectivity index (χ1n) is 9.30. The summed E-state index contributed by atoms with van der Waals surface area (Å²) in [4.78, 5) is 2.64. The zero-order valence-electron chi connectivity index (χ0n) is 14.6. The molecule has 4 rings (SSSR count). The summed E-state index contributed by atoms with van der Waals surface area (Å²) in [6.07, 6.45) is 10.6. The van der Waals surface area contributed by atoms with Gasteiger partial charge >= 0.3 is 0 Å². The van der Waals surface area contributed by atoms with Crippen molar-refractivity contribution in [3.05, 3.63) is 42.2 Å². The van der Waals surface area contributed by atoms with Crippen LogP contribution in [-0.2, 0) is 13.1 Å². The van der Waals surface area contributed by atoms with Gasteiger partial charge in [0.05, 0.1) is 23.3 Å². The van der Waals surface area contributed by atoms with Crippen LogP contribution in [0.5, 0.6) is 0 Å². The third-order valence-electron chi connectivity index (χ3n) is 5.39. The van der Waals surface area contributed by atoms with Crippen LogP contribution >= 0.6 is 0 Å². The lowest BCUT2D eigenvalue weighted by molar-refractivity contribution is 0.188. The lowest BCUT2D eigenvalue weighted by atomic mass is 9.99. The number of benzene rings is 1. The van der Waals surface area contributed by atoms with Crippen LogP contribution in [0.3, 0.4) is 0 Å². The summed E-state index contributed by atoms with van der Waals surface area (Å²) < 4.78 is 4.63. The highest BCUT2D eigenvalue weighted by Gasteiger charge is 2.15. The normalized spacial score (nSPS) is 18.2. The molecule has 4 nitrogen and oxygen atoms in total. The molecular formula is C20H28N4. The van der Waals surface area contributed by atoms with E-state index < -0.39 is 0 Å². The van der Waals surface area contributed by atoms with E-state index in [-0.39, 0.29) is 0 Å². The largest absolute Gasteiger partial charge is 0.344 e. The summed E-state index contributed by atoms with van der Waals surface area (Å²) >= 11 is 0. The van der Waals surface area contributed by atoms with E-state index in [1.807, 2.05) is 0 Å². The van der Waals surface area contributed by atoms with Gasteiger partial charge in [-0.05, 0) is 63.0 Å². The number of nitrogens with one attached hydrogen (secondary N) is 1. The molecule has 0 aliphatic carbocycles. The molecule has 0 spiro atoms. The predicted molar refractivity (Wildman–Crippen MR) is 100 cm³/mol. The smallest absolute Gasteiger partial charge is 0.0779 e. The van der Waals surface area contributed by atoms with Gasteiger partial charge in [-0.2, -0.15) is 0 Å². The molecule has 0 unspecified atom stereocenters. The molecule has 0 amide bonds. The first kappa shape index (κ1) is 15.6. The number of hydrogen-bond acceptors (Lipinski definition) is 1. The Morgan fingerprint density at radius 1 is 1.12 bits per heavy atom. The van der Waals surface area contributed by atoms with Crippen LogP contribution in [0.15, 0.2) is 36.5 Å². The van der Waals surface area contributed by atoms with E-state index in [4.69, 9.17) is 0 Å². The fraction of sp³-hybridized carbons (Fsp3) is 0.500. The van der Waals surface area contributed by atoms with Crippen molar-refractivity contribution in [1.29, 1.82) is 0 Å². The van der Waals surface area contributed by atoms with Gasteiger partial charge in [-0.25, -0.2) is 0 Å². The number of aromatic amines is 1. The Kier molecular flexibility index (Phi) is 4.48. The average Bonchev–Trinajstić information content (AvgIpc) is 2.97. The van der Waals surface area contributed by atoms with Gasteiger partial charge in [0, 0.05) is 12.7 Å². The van der Waals surface area contributed by atoms with Crippen LogP contribution in [0.1, 0.15) is 31.9 Å². The molecule has 1 aromatic heterocycles. The highest BCUT2D eigenvalue weighted by Crippen LogP contribution is 2.18. The second-order valence-electron chi connectivity index (χ2n) is 7.27. The fourth-order valence-electron chi connectivity index (χ4n) is 3.83. The van der Waals surface area contributed by atoms with Gasteiger partial charge in [0.15, 0.2) is 0 Å². The highest BCUT2D eigenvalue weighted by atomic mass is 15.3. The topological polar surface area (TPSA) is 28.9 Å². The van der Waals surface area contributed by atoms with Gasteiger partial charge in [-0.15, -0.1) is 0 Å². The Labute approximate surface area is 144 Å². The van der Waals surface area contributed by atoms with Gasteiger partial charge in [0.2, 0.25) is 0 Å². The van der Waals surface area contributed by atoms with Crippen LogP contribution < -0.4 is 0 Å². The summed E-state index contributed by atoms with van der Waals surface area (Å²) in [5.41, 5.74) is 3.72. The molecule has 2 aliphatic rings. The van der Waals surface area contributed by atoms with Crippen LogP contribution in [0.25, 0.3) is 17.1 Å². The molecular weight excluding hydrogens is 296 g/mol. The number of likely N-dealkylation sites (tertiary alicyclic amines) is 1. The van der Waals surface area contributed by atoms with Crippen molar-refractivity contribution in [2.75, 3.05) is 19.6 Å². The Hall–Kier alpha value is -1.94. The molecule has 2 aliphatic heterocycles. The maximum atomic E-state index is 3.55. The van der Waals surface area contributed by atoms with Crippen molar-refractivity contribution < 1.29 is 0 Å². The standard InChI is InChI=1S/C20H28N4/c1-17-9-14-22(15-10-17)11-5-12-23-16-18-6-4-13-24(18)21-19-7-2-3-8-20(19)23/h2-4,6-8,16-17,21H,5,9-15H2,1H3. The Balaban J connectivity index is 1.53. The molecule has 3 heterocycles. The number of H-pyrrole nitrogens is 1. The molecule has 0 bridgehead atoms. The molecule has 1 aromatic carbocycles. The van der Waals surface area contributed by atoms with E-state index in [9.17, 15) is 0 Å². The van der Waals surface area contributed by atoms with E-state index in [2.05, 4.69) is 68.8 Å². The first-order chi connectivity index (χ1) is 11.8. The quantitative estimate of drug-likeness (QED) is 0.903. The molecule has 0 saturated carbocycles. The van der Waals surface area contributed by atoms with Gasteiger partial charge < -0.3 is 9.47 Å². The summed E-state index contributed by atoms with van der Waals surface area (Å²) in [5.74, 6) is 0.912. The molecule has 1 saturated heterocycles. The molecule has 4 heteroatoms. The number of allylic oxidation sites excluding steroid dienone is 1. The predicted octanol–water partition coefficient (Wildman–Crippen LogP) is 4.04. The van der Waals surface area contributed by atoms with Crippen molar-refractivity contribution in [1.82, 2.24) is 19.2 Å². The van der Waals surface area contributed by atoms with E-state index >= 15 is 0 Å². The maximum absolute atomic E-state index is 3.55. The number of para-hydroxylation sites is 2. The van der Waals surface area contributed by atoms with Gasteiger partial charge in [-0.3, -0.25) is 9.78 Å². The van der Waals surface area contributed by atoms with E-state index in [1.165, 1.54) is 55.6 Å². The monoisotopic (exact) mass is 324 g/mol. The second-order valence-corrected chi connectivity index (χ2v) is 7.27. The number of hydrogen-bond donors (Lipinski definition) is 1. The molecule has 0 atom stereocenters. The number of nitrogens with zero attached hydrogens (tertiary/aromatic N) is 3. The third-order valence-corrected chi connectivity index (χ3v) is 5.39. The average molecular weight is 324 g/mol. The SMILES string of the molecule is CC1CCN(CCCn2cc3n([nH]c4ccccc42)CC=C3)CC1. The lowest BCUT2D eigenvalue weighted by Crippen LogP contribution is -2.34. The number of rotatable bonds is 4. The first-order valence-corrected chi connectivity index (χ1v) is 9.30. The van der Waals surface area contributed by atoms with E-state index in [0.29, 0.717) is 0 Å². The van der Waals surface area contributed by atoms with Crippen LogP contribution in [0.2, 0.25) is 0 Å². The molecule has 0 radical (unpaired) electrons. The zero-order chi connectivity index (χ0) is 16.4. The third kappa shape index (κ3) is 3.29. The van der Waals surface area contributed by atoms with Gasteiger partial charge in [-0.1, -0.05) is 25.1 Å². The van der Waals surface area contributed by atoms with Crippen molar-refractivity contribution in [2.24, 2.45) is 5.92 Å². The molecule has 1 N–H and O–H groups in total. The second kappa shape index (κ2) is 6.89. The van der Waals surface area contributed by atoms with Crippen LogP contribution in [-0.4, -0.2) is 38.9 Å². The van der Waals surface area contributed by atoms with Crippen LogP contribution in [0.4, 0.5) is 0 Å². The number of aryl methyl sites for hydroxylation is 1. The Morgan fingerprint density at radius 3 is 2.83 bits per heavy atom. The van der Waals surface area contributed by atoms with Gasteiger partial charge in [0.25, 0.3) is 0 Å². The van der Waals surface area contributed by atoms with Crippen molar-refractivity contribution >= 4 is 17.1 Å². The zero-order valence-corrected chi connectivity index (χ0v) is 14.6. The number of piperidine rings is 1. The summed E-state index contributed by atoms with van der Waals surface area (Å²) in [6.45, 7) is 8.14. The Bertz CT molecular complexity index is 767. The Morgan fingerprint density at radius 2 is 1.96 bits per heavy atom. The minimum absolute atomic E-state index is 0.912. The summed E-state index contributed by atoms with van der Waals surface area (Å²) in [5, 5.41) is 3.55. The minimum Gasteiger partial charge on any atom is -0.344 e. The van der Waals surface area contributed by atoms with Crippen molar-refractivity contribution in [3.63, 3.8) is 0 Å². The summed E-state index contributed by atoms with van der Waals surface area (Å²) in [7, 11) is 0.